The molecule has 0 radical (unpaired) electrons. The van der Waals surface area contributed by atoms with Gasteiger partial charge in [-0.3, -0.25) is 0 Å². The average Bonchev–Trinajstić information content (AvgIpc) is 2.28. The topological polar surface area (TPSA) is 35.5 Å². The molecule has 1 rings (SSSR count). The van der Waals surface area contributed by atoms with Crippen LogP contribution >= 0.6 is 67.8 Å². The second kappa shape index (κ2) is 8.69. The van der Waals surface area contributed by atoms with Crippen LogP contribution in [0.4, 0.5) is 0 Å². The minimum atomic E-state index is -0.381. The molecular weight excluding hydrogens is 573 g/mol. The number of hydrogen-bond donors (Lipinski definition) is 0. The van der Waals surface area contributed by atoms with Crippen LogP contribution in [0, 0.1) is 6.92 Å². The number of carbonyl (C=O) groups is 1. The predicted molar refractivity (Wildman–Crippen MR) is 96.7 cm³/mol. The summed E-state index contributed by atoms with van der Waals surface area (Å²) in [4.78, 5) is 11.5. The van der Waals surface area contributed by atoms with Crippen molar-refractivity contribution < 1.29 is 14.3 Å². The third kappa shape index (κ3) is 6.66. The normalized spacial score (nSPS) is 10.0. The van der Waals surface area contributed by atoms with Gasteiger partial charge in [-0.1, -0.05) is 12.1 Å². The van der Waals surface area contributed by atoms with E-state index in [2.05, 4.69) is 67.8 Å². The van der Waals surface area contributed by atoms with Crippen LogP contribution in [-0.2, 0) is 9.53 Å². The molecule has 0 unspecified atom stereocenters. The fraction of sp³-hybridized carbons (Fsp3) is 0.250. The van der Waals surface area contributed by atoms with E-state index in [1.807, 2.05) is 25.1 Å². The van der Waals surface area contributed by atoms with Gasteiger partial charge in [0.25, 0.3) is 0 Å². The van der Waals surface area contributed by atoms with Gasteiger partial charge in [0.2, 0.25) is 0 Å². The van der Waals surface area contributed by atoms with Gasteiger partial charge in [0, 0.05) is 3.58 Å². The molecule has 0 N–H and O–H groups in total. The van der Waals surface area contributed by atoms with Gasteiger partial charge in [-0.05, 0) is 92.4 Å². The maximum Gasteiger partial charge on any atom is 0.337 e. The zero-order valence-corrected chi connectivity index (χ0v) is 16.1. The van der Waals surface area contributed by atoms with Gasteiger partial charge in [-0.2, -0.15) is 0 Å². The van der Waals surface area contributed by atoms with E-state index in [0.29, 0.717) is 12.4 Å². The number of esters is 1. The van der Waals surface area contributed by atoms with Gasteiger partial charge < -0.3 is 9.47 Å². The summed E-state index contributed by atoms with van der Waals surface area (Å²) in [6.45, 7) is 2.34. The van der Waals surface area contributed by atoms with Gasteiger partial charge in [-0.15, -0.1) is 0 Å². The molecule has 6 heteroatoms. The van der Waals surface area contributed by atoms with E-state index in [1.165, 1.54) is 0 Å². The van der Waals surface area contributed by atoms with Crippen molar-refractivity contribution in [3.05, 3.63) is 35.0 Å². The molecule has 0 amide bonds. The zero-order chi connectivity index (χ0) is 13.5. The minimum absolute atomic E-state index is 0.0407. The first-order chi connectivity index (χ1) is 8.49. The molecule has 0 bridgehead atoms. The highest BCUT2D eigenvalue weighted by molar-refractivity contribution is 14.2. The summed E-state index contributed by atoms with van der Waals surface area (Å²) < 4.78 is 12.6. The molecule has 0 atom stereocenters. The van der Waals surface area contributed by atoms with Crippen LogP contribution in [0.15, 0.2) is 29.4 Å². The van der Waals surface area contributed by atoms with Crippen LogP contribution in [0.1, 0.15) is 5.56 Å². The lowest BCUT2D eigenvalue weighted by atomic mass is 10.2. The summed E-state index contributed by atoms with van der Waals surface area (Å²) in [5, 5.41) is 0. The van der Waals surface area contributed by atoms with Crippen LogP contribution in [0.25, 0.3) is 0 Å². The first-order valence-corrected chi connectivity index (χ1v) is 8.27. The molecule has 18 heavy (non-hydrogen) atoms. The van der Waals surface area contributed by atoms with Crippen molar-refractivity contribution in [3.63, 3.8) is 0 Å². The number of hydrogen-bond acceptors (Lipinski definition) is 3. The Morgan fingerprint density at radius 1 is 1.22 bits per heavy atom. The van der Waals surface area contributed by atoms with E-state index in [4.69, 9.17) is 9.47 Å². The third-order valence-corrected chi connectivity index (χ3v) is 6.09. The molecule has 0 saturated heterocycles. The first-order valence-electron chi connectivity index (χ1n) is 5.04. The summed E-state index contributed by atoms with van der Waals surface area (Å²) in [5.41, 5.74) is 1.05. The quantitative estimate of drug-likeness (QED) is 0.293. The second-order valence-electron chi connectivity index (χ2n) is 3.45. The molecule has 0 aliphatic carbocycles. The van der Waals surface area contributed by atoms with Crippen LogP contribution in [0.2, 0.25) is 0 Å². The Labute approximate surface area is 147 Å². The Balaban J connectivity index is 2.37. The number of carbonyl (C=O) groups excluding carboxylic acids is 1. The largest absolute Gasteiger partial charge is 0.425 e. The first kappa shape index (κ1) is 16.6. The molecule has 3 nitrogen and oxygen atoms in total. The average molecular weight is 584 g/mol. The molecule has 0 aliphatic rings. The van der Waals surface area contributed by atoms with Crippen molar-refractivity contribution in [1.82, 2.24) is 0 Å². The highest BCUT2D eigenvalue weighted by atomic mass is 127. The number of rotatable bonds is 5. The molecule has 0 aromatic heterocycles. The molecule has 0 fully saturated rings. The lowest BCUT2D eigenvalue weighted by molar-refractivity contribution is -0.139. The maximum atomic E-state index is 11.5. The van der Waals surface area contributed by atoms with Gasteiger partial charge in [-0.25, -0.2) is 4.79 Å². The van der Waals surface area contributed by atoms with Crippen molar-refractivity contribution in [3.8, 4) is 5.75 Å². The van der Waals surface area contributed by atoms with E-state index in [-0.39, 0.29) is 12.6 Å². The summed E-state index contributed by atoms with van der Waals surface area (Å²) >= 11 is 6.61. The lowest BCUT2D eigenvalue weighted by Gasteiger charge is -2.06. The van der Waals surface area contributed by atoms with Crippen LogP contribution in [0.3, 0.4) is 0 Å². The number of halogens is 3. The summed E-state index contributed by atoms with van der Waals surface area (Å²) in [6, 6.07) is 7.37. The molecule has 1 aromatic carbocycles. The van der Waals surface area contributed by atoms with Gasteiger partial charge >= 0.3 is 5.97 Å². The van der Waals surface area contributed by atoms with Gasteiger partial charge in [0.15, 0.2) is 0 Å². The van der Waals surface area contributed by atoms with Crippen LogP contribution < -0.4 is 4.74 Å². The molecule has 0 aliphatic heterocycles. The molecule has 1 aromatic rings. The number of ether oxygens (including phenoxy) is 2. The lowest BCUT2D eigenvalue weighted by Crippen LogP contribution is -2.16. The Morgan fingerprint density at radius 3 is 2.56 bits per heavy atom. The van der Waals surface area contributed by atoms with Gasteiger partial charge in [0.05, 0.1) is 8.19 Å². The van der Waals surface area contributed by atoms with Crippen LogP contribution in [-0.4, -0.2) is 19.2 Å². The molecule has 0 saturated carbocycles. The van der Waals surface area contributed by atoms with E-state index < -0.39 is 0 Å². The monoisotopic (exact) mass is 584 g/mol. The van der Waals surface area contributed by atoms with E-state index in [1.54, 1.807) is 6.07 Å². The Morgan fingerprint density at radius 2 is 1.94 bits per heavy atom. The molecule has 0 spiro atoms. The molecular formula is C12H11I3O3. The fourth-order valence-electron chi connectivity index (χ4n) is 1.12. The van der Waals surface area contributed by atoms with Crippen molar-refractivity contribution >= 4 is 73.7 Å². The maximum absolute atomic E-state index is 11.5. The summed E-state index contributed by atoms with van der Waals surface area (Å²) in [6.07, 6.45) is 0. The Hall–Kier alpha value is 0.580. The standard InChI is InChI=1S/C12H11I3O3/c1-8-3-2-4-9(5-8)18-11(16)7-17-6-10(13)12(14)15/h2-5H,6-7H2,1H3. The smallest absolute Gasteiger partial charge is 0.337 e. The van der Waals surface area contributed by atoms with Crippen molar-refractivity contribution in [2.24, 2.45) is 0 Å². The number of benzene rings is 1. The Kier molecular flexibility index (Phi) is 8.03. The summed E-state index contributed by atoms with van der Waals surface area (Å²) in [5.74, 6) is 0.172. The fourth-order valence-corrected chi connectivity index (χ4v) is 1.65. The van der Waals surface area contributed by atoms with Gasteiger partial charge in [0.1, 0.15) is 12.4 Å². The minimum Gasteiger partial charge on any atom is -0.425 e. The predicted octanol–water partition coefficient (Wildman–Crippen LogP) is 4.39. The highest BCUT2D eigenvalue weighted by Gasteiger charge is 2.06. The highest BCUT2D eigenvalue weighted by Crippen LogP contribution is 2.25. The third-order valence-electron chi connectivity index (χ3n) is 1.87. The van der Waals surface area contributed by atoms with Crippen LogP contribution in [0.5, 0.6) is 5.75 Å². The molecule has 0 heterocycles. The second-order valence-corrected chi connectivity index (χ2v) is 8.97. The Bertz CT molecular complexity index is 454. The SMILES string of the molecule is Cc1cccc(OC(=O)COCC(I)=C(I)I)c1. The van der Waals surface area contributed by atoms with Crippen molar-refractivity contribution in [1.29, 1.82) is 0 Å². The van der Waals surface area contributed by atoms with E-state index in [9.17, 15) is 4.79 Å². The zero-order valence-electron chi connectivity index (χ0n) is 9.58. The van der Waals surface area contributed by atoms with Crippen molar-refractivity contribution in [2.45, 2.75) is 6.92 Å². The number of aryl methyl sites for hydroxylation is 1. The van der Waals surface area contributed by atoms with E-state index >= 15 is 0 Å². The van der Waals surface area contributed by atoms with E-state index in [0.717, 1.165) is 10.7 Å². The van der Waals surface area contributed by atoms with Crippen molar-refractivity contribution in [2.75, 3.05) is 13.2 Å². The summed E-state index contributed by atoms with van der Waals surface area (Å²) in [7, 11) is 0. The molecule has 98 valence electrons.